The molecule has 2 bridgehead atoms. The monoisotopic (exact) mass is 285 g/mol. The third-order valence-electron chi connectivity index (χ3n) is 4.11. The van der Waals surface area contributed by atoms with Crippen LogP contribution in [0.25, 0.3) is 0 Å². The second-order valence-corrected chi connectivity index (χ2v) is 5.44. The topological polar surface area (TPSA) is 84.6 Å². The standard InChI is InChI=1S/C15H15N3O3/c19-15(13-3-1-2-4-14(13)18(20)21)17-16-9-12-8-10-5-6-11(12)7-10/h1-6,9-12H,7-8H2,(H,17,19)/b16-9-/t10-,11-,12+/m0/s1. The molecule has 0 heterocycles. The van der Waals surface area contributed by atoms with Crippen molar-refractivity contribution in [1.82, 2.24) is 5.43 Å². The van der Waals surface area contributed by atoms with E-state index in [0.717, 1.165) is 12.8 Å². The lowest BCUT2D eigenvalue weighted by atomic mass is 9.95. The fourth-order valence-corrected chi connectivity index (χ4v) is 3.07. The Balaban J connectivity index is 1.65. The van der Waals surface area contributed by atoms with Crippen LogP contribution in [-0.4, -0.2) is 17.0 Å². The summed E-state index contributed by atoms with van der Waals surface area (Å²) in [5.74, 6) is 0.947. The second kappa shape index (κ2) is 5.47. The average molecular weight is 285 g/mol. The van der Waals surface area contributed by atoms with Crippen molar-refractivity contribution in [1.29, 1.82) is 0 Å². The number of fused-ring (bicyclic) bond motifs is 2. The van der Waals surface area contributed by atoms with Gasteiger partial charge in [-0.2, -0.15) is 5.10 Å². The maximum absolute atomic E-state index is 12.0. The molecule has 1 saturated carbocycles. The molecule has 2 aliphatic carbocycles. The van der Waals surface area contributed by atoms with Gasteiger partial charge in [0.2, 0.25) is 0 Å². The molecule has 0 saturated heterocycles. The first-order valence-electron chi connectivity index (χ1n) is 6.90. The van der Waals surface area contributed by atoms with Crippen molar-refractivity contribution in [3.63, 3.8) is 0 Å². The molecule has 0 unspecified atom stereocenters. The van der Waals surface area contributed by atoms with E-state index in [9.17, 15) is 14.9 Å². The van der Waals surface area contributed by atoms with Gasteiger partial charge >= 0.3 is 0 Å². The summed E-state index contributed by atoms with van der Waals surface area (Å²) < 4.78 is 0. The van der Waals surface area contributed by atoms with Gasteiger partial charge in [0.25, 0.3) is 11.6 Å². The number of hydrazone groups is 1. The maximum Gasteiger partial charge on any atom is 0.282 e. The molecule has 21 heavy (non-hydrogen) atoms. The Bertz CT molecular complexity index is 639. The summed E-state index contributed by atoms with van der Waals surface area (Å²) in [6.45, 7) is 0. The minimum absolute atomic E-state index is 0.0208. The van der Waals surface area contributed by atoms with Crippen LogP contribution in [0.1, 0.15) is 23.2 Å². The molecular weight excluding hydrogens is 270 g/mol. The number of rotatable bonds is 4. The van der Waals surface area contributed by atoms with Crippen molar-refractivity contribution in [3.05, 3.63) is 52.1 Å². The van der Waals surface area contributed by atoms with E-state index in [2.05, 4.69) is 22.7 Å². The van der Waals surface area contributed by atoms with E-state index >= 15 is 0 Å². The van der Waals surface area contributed by atoms with Crippen LogP contribution in [0, 0.1) is 27.9 Å². The predicted octanol–water partition coefficient (Wildman–Crippen LogP) is 2.52. The number of nitrogens with one attached hydrogen (secondary N) is 1. The minimum Gasteiger partial charge on any atom is -0.267 e. The summed E-state index contributed by atoms with van der Waals surface area (Å²) in [5.41, 5.74) is 2.19. The van der Waals surface area contributed by atoms with Crippen LogP contribution in [0.15, 0.2) is 41.5 Å². The van der Waals surface area contributed by atoms with Crippen molar-refractivity contribution in [2.45, 2.75) is 12.8 Å². The van der Waals surface area contributed by atoms with E-state index in [0.29, 0.717) is 17.8 Å². The van der Waals surface area contributed by atoms with Crippen LogP contribution >= 0.6 is 0 Å². The van der Waals surface area contributed by atoms with E-state index in [-0.39, 0.29) is 11.3 Å². The Hall–Kier alpha value is -2.50. The largest absolute Gasteiger partial charge is 0.282 e. The molecule has 1 fully saturated rings. The molecule has 0 aromatic heterocycles. The molecule has 0 aliphatic heterocycles. The summed E-state index contributed by atoms with van der Waals surface area (Å²) in [6.07, 6.45) is 8.41. The number of allylic oxidation sites excluding steroid dienone is 2. The Morgan fingerprint density at radius 1 is 1.33 bits per heavy atom. The van der Waals surface area contributed by atoms with Crippen molar-refractivity contribution in [2.75, 3.05) is 0 Å². The molecule has 0 spiro atoms. The molecule has 1 aromatic carbocycles. The van der Waals surface area contributed by atoms with Gasteiger partial charge in [0.1, 0.15) is 5.56 Å². The summed E-state index contributed by atoms with van der Waals surface area (Å²) in [5, 5.41) is 14.8. The van der Waals surface area contributed by atoms with E-state index < -0.39 is 10.8 Å². The highest BCUT2D eigenvalue weighted by molar-refractivity contribution is 5.98. The molecule has 1 N–H and O–H groups in total. The molecule has 108 valence electrons. The zero-order valence-corrected chi connectivity index (χ0v) is 11.3. The fraction of sp³-hybridized carbons (Fsp3) is 0.333. The highest BCUT2D eigenvalue weighted by Gasteiger charge is 2.34. The molecular formula is C15H15N3O3. The zero-order chi connectivity index (χ0) is 14.8. The molecule has 3 atom stereocenters. The van der Waals surface area contributed by atoms with Crippen LogP contribution < -0.4 is 5.43 Å². The Morgan fingerprint density at radius 2 is 2.14 bits per heavy atom. The van der Waals surface area contributed by atoms with Crippen molar-refractivity contribution >= 4 is 17.8 Å². The Labute approximate surface area is 121 Å². The van der Waals surface area contributed by atoms with Gasteiger partial charge in [-0.05, 0) is 30.7 Å². The Kier molecular flexibility index (Phi) is 3.51. The van der Waals surface area contributed by atoms with Gasteiger partial charge < -0.3 is 0 Å². The average Bonchev–Trinajstić information content (AvgIpc) is 3.09. The number of para-hydroxylation sites is 1. The number of nitro benzene ring substituents is 1. The van der Waals surface area contributed by atoms with E-state index in [4.69, 9.17) is 0 Å². The third kappa shape index (κ3) is 2.69. The lowest BCUT2D eigenvalue weighted by Gasteiger charge is -2.11. The predicted molar refractivity (Wildman–Crippen MR) is 77.9 cm³/mol. The normalized spacial score (nSPS) is 26.4. The van der Waals surface area contributed by atoms with Gasteiger partial charge in [-0.1, -0.05) is 24.3 Å². The highest BCUT2D eigenvalue weighted by atomic mass is 16.6. The van der Waals surface area contributed by atoms with Gasteiger partial charge in [0.15, 0.2) is 0 Å². The summed E-state index contributed by atoms with van der Waals surface area (Å²) in [4.78, 5) is 22.3. The highest BCUT2D eigenvalue weighted by Crippen LogP contribution is 2.42. The Morgan fingerprint density at radius 3 is 2.81 bits per heavy atom. The van der Waals surface area contributed by atoms with Gasteiger partial charge in [0.05, 0.1) is 4.92 Å². The van der Waals surface area contributed by atoms with E-state index in [1.54, 1.807) is 12.3 Å². The van der Waals surface area contributed by atoms with Crippen molar-refractivity contribution < 1.29 is 9.72 Å². The molecule has 0 radical (unpaired) electrons. The van der Waals surface area contributed by atoms with Crippen molar-refractivity contribution in [3.8, 4) is 0 Å². The van der Waals surface area contributed by atoms with E-state index in [1.807, 2.05) is 0 Å². The van der Waals surface area contributed by atoms with Gasteiger partial charge in [0, 0.05) is 18.2 Å². The quantitative estimate of drug-likeness (QED) is 0.399. The molecule has 1 amide bonds. The van der Waals surface area contributed by atoms with Crippen LogP contribution in [0.4, 0.5) is 5.69 Å². The van der Waals surface area contributed by atoms with Gasteiger partial charge in [-0.25, -0.2) is 5.43 Å². The van der Waals surface area contributed by atoms with Crippen LogP contribution in [0.3, 0.4) is 0 Å². The van der Waals surface area contributed by atoms with Gasteiger partial charge in [-0.3, -0.25) is 14.9 Å². The smallest absolute Gasteiger partial charge is 0.267 e. The minimum atomic E-state index is -0.570. The number of hydrogen-bond donors (Lipinski definition) is 1. The number of hydrogen-bond acceptors (Lipinski definition) is 4. The molecule has 6 nitrogen and oxygen atoms in total. The first-order chi connectivity index (χ1) is 10.1. The van der Waals surface area contributed by atoms with Crippen LogP contribution in [-0.2, 0) is 0 Å². The lowest BCUT2D eigenvalue weighted by molar-refractivity contribution is -0.385. The number of carbonyl (C=O) groups is 1. The molecule has 3 rings (SSSR count). The summed E-state index contributed by atoms with van der Waals surface area (Å²) in [7, 11) is 0. The van der Waals surface area contributed by atoms with Crippen molar-refractivity contribution in [2.24, 2.45) is 22.9 Å². The number of amides is 1. The van der Waals surface area contributed by atoms with E-state index in [1.165, 1.54) is 18.2 Å². The first-order valence-corrected chi connectivity index (χ1v) is 6.90. The number of carbonyl (C=O) groups excluding carboxylic acids is 1. The molecule has 6 heteroatoms. The summed E-state index contributed by atoms with van der Waals surface area (Å²) >= 11 is 0. The fourth-order valence-electron chi connectivity index (χ4n) is 3.07. The first kappa shape index (κ1) is 13.5. The molecule has 2 aliphatic rings. The number of nitrogens with zero attached hydrogens (tertiary/aromatic N) is 2. The van der Waals surface area contributed by atoms with Crippen LogP contribution in [0.5, 0.6) is 0 Å². The lowest BCUT2D eigenvalue weighted by Crippen LogP contribution is -2.20. The summed E-state index contributed by atoms with van der Waals surface area (Å²) in [6, 6.07) is 5.84. The zero-order valence-electron chi connectivity index (χ0n) is 11.3. The van der Waals surface area contributed by atoms with Crippen LogP contribution in [0.2, 0.25) is 0 Å². The second-order valence-electron chi connectivity index (χ2n) is 5.44. The maximum atomic E-state index is 12.0. The SMILES string of the molecule is O=C(N/N=C\[C@H]1C[C@H]2C=C[C@H]1C2)c1ccccc1[N+](=O)[O-]. The number of benzene rings is 1. The number of nitro groups is 1. The third-order valence-corrected chi connectivity index (χ3v) is 4.11. The van der Waals surface area contributed by atoms with Gasteiger partial charge in [-0.15, -0.1) is 0 Å². The molecule has 1 aromatic rings.